The molecule has 0 aromatic carbocycles. The first kappa shape index (κ1) is 14.7. The number of pyridine rings is 1. The summed E-state index contributed by atoms with van der Waals surface area (Å²) in [7, 11) is 0. The summed E-state index contributed by atoms with van der Waals surface area (Å²) in [5.74, 6) is 0.634. The molecule has 1 N–H and O–H groups in total. The Morgan fingerprint density at radius 2 is 1.86 bits per heavy atom. The number of hydrogen-bond donors (Lipinski definition) is 1. The van der Waals surface area contributed by atoms with Gasteiger partial charge in [0.05, 0.1) is 11.0 Å². The fourth-order valence-electron chi connectivity index (χ4n) is 2.16. The van der Waals surface area contributed by atoms with Gasteiger partial charge in [0, 0.05) is 15.3 Å². The molecule has 0 amide bonds. The smallest absolute Gasteiger partial charge is 0.290 e. The van der Waals surface area contributed by atoms with Crippen LogP contribution in [0.4, 0.5) is 11.5 Å². The summed E-state index contributed by atoms with van der Waals surface area (Å²) in [6, 6.07) is 9.88. The Bertz CT molecular complexity index is 736. The second-order valence-electron chi connectivity index (χ2n) is 4.72. The zero-order valence-electron chi connectivity index (χ0n) is 11.7. The van der Waals surface area contributed by atoms with Gasteiger partial charge in [-0.1, -0.05) is 12.1 Å². The quantitative estimate of drug-likeness (QED) is 0.547. The van der Waals surface area contributed by atoms with E-state index in [-0.39, 0.29) is 11.7 Å². The van der Waals surface area contributed by atoms with Crippen LogP contribution in [-0.2, 0) is 0 Å². The number of nitrogens with one attached hydrogen (secondary N) is 1. The Balaban J connectivity index is 1.91. The van der Waals surface area contributed by atoms with Crippen molar-refractivity contribution in [2.75, 3.05) is 5.32 Å². The van der Waals surface area contributed by atoms with Crippen LogP contribution in [0.5, 0.6) is 0 Å². The lowest BCUT2D eigenvalue weighted by atomic mass is 10.2. The van der Waals surface area contributed by atoms with Gasteiger partial charge >= 0.3 is 0 Å². The molecular formula is C15H13N3O2S2. The highest BCUT2D eigenvalue weighted by Crippen LogP contribution is 2.32. The van der Waals surface area contributed by atoms with Crippen LogP contribution in [0.15, 0.2) is 47.3 Å². The van der Waals surface area contributed by atoms with Crippen molar-refractivity contribution in [1.82, 2.24) is 4.98 Å². The Kier molecular flexibility index (Phi) is 4.17. The zero-order valence-corrected chi connectivity index (χ0v) is 13.4. The van der Waals surface area contributed by atoms with E-state index in [2.05, 4.69) is 22.4 Å². The average Bonchev–Trinajstić information content (AvgIpc) is 3.18. The van der Waals surface area contributed by atoms with E-state index in [9.17, 15) is 10.1 Å². The molecule has 0 bridgehead atoms. The van der Waals surface area contributed by atoms with Gasteiger partial charge in [-0.3, -0.25) is 10.1 Å². The van der Waals surface area contributed by atoms with Crippen LogP contribution < -0.4 is 5.32 Å². The topological polar surface area (TPSA) is 68.1 Å². The highest BCUT2D eigenvalue weighted by molar-refractivity contribution is 7.11. The summed E-state index contributed by atoms with van der Waals surface area (Å²) in [6.45, 7) is 1.72. The summed E-state index contributed by atoms with van der Waals surface area (Å²) >= 11 is 3.34. The van der Waals surface area contributed by atoms with Crippen LogP contribution in [0, 0.1) is 17.0 Å². The van der Waals surface area contributed by atoms with Gasteiger partial charge in [-0.2, -0.15) is 0 Å². The number of anilines is 1. The van der Waals surface area contributed by atoms with Crippen LogP contribution >= 0.6 is 22.7 Å². The maximum Gasteiger partial charge on any atom is 0.290 e. The normalized spacial score (nSPS) is 10.8. The highest BCUT2D eigenvalue weighted by Gasteiger charge is 2.18. The molecule has 0 saturated heterocycles. The zero-order chi connectivity index (χ0) is 15.5. The average molecular weight is 331 g/mol. The van der Waals surface area contributed by atoms with Crippen molar-refractivity contribution in [1.29, 1.82) is 0 Å². The lowest BCUT2D eigenvalue weighted by molar-refractivity contribution is -0.385. The fourth-order valence-corrected chi connectivity index (χ4v) is 3.82. The number of aromatic nitrogens is 1. The number of hydrogen-bond acceptors (Lipinski definition) is 6. The first-order valence-electron chi connectivity index (χ1n) is 6.59. The molecule has 0 radical (unpaired) electrons. The molecule has 0 aliphatic heterocycles. The Hall–Kier alpha value is -2.25. The third kappa shape index (κ3) is 3.00. The van der Waals surface area contributed by atoms with Crippen molar-refractivity contribution in [3.8, 4) is 0 Å². The van der Waals surface area contributed by atoms with E-state index in [1.807, 2.05) is 22.9 Å². The van der Waals surface area contributed by atoms with E-state index in [4.69, 9.17) is 0 Å². The monoisotopic (exact) mass is 331 g/mol. The minimum absolute atomic E-state index is 0.00774. The number of thiophene rings is 2. The summed E-state index contributed by atoms with van der Waals surface area (Å²) in [5, 5.41) is 18.3. The Morgan fingerprint density at radius 1 is 1.23 bits per heavy atom. The third-order valence-corrected chi connectivity index (χ3v) is 5.10. The van der Waals surface area contributed by atoms with E-state index < -0.39 is 4.92 Å². The van der Waals surface area contributed by atoms with Crippen LogP contribution in [0.1, 0.15) is 21.4 Å². The minimum Gasteiger partial charge on any atom is -0.358 e. The molecule has 3 heterocycles. The standard InChI is InChI=1S/C15H13N3O2S2/c1-10-8-14(16-9-11(10)18(19)20)17-15(12-4-2-6-21-12)13-5-3-7-22-13/h2-9,15H,1H3,(H,16,17). The molecule has 3 aromatic rings. The molecule has 3 aromatic heterocycles. The number of nitrogens with zero attached hydrogens (tertiary/aromatic N) is 2. The molecule has 7 heteroatoms. The van der Waals surface area contributed by atoms with Crippen LogP contribution in [-0.4, -0.2) is 9.91 Å². The Morgan fingerprint density at radius 3 is 2.32 bits per heavy atom. The molecule has 0 unspecified atom stereocenters. The predicted octanol–water partition coefficient (Wildman–Crippen LogP) is 4.62. The van der Waals surface area contributed by atoms with E-state index in [1.165, 1.54) is 16.0 Å². The van der Waals surface area contributed by atoms with E-state index in [0.29, 0.717) is 11.4 Å². The van der Waals surface area contributed by atoms with Crippen molar-refractivity contribution in [3.63, 3.8) is 0 Å². The van der Waals surface area contributed by atoms with Crippen molar-refractivity contribution >= 4 is 34.2 Å². The summed E-state index contributed by atoms with van der Waals surface area (Å²) in [6.07, 6.45) is 1.30. The maximum absolute atomic E-state index is 10.9. The van der Waals surface area contributed by atoms with Crippen molar-refractivity contribution in [2.24, 2.45) is 0 Å². The van der Waals surface area contributed by atoms with Crippen LogP contribution in [0.25, 0.3) is 0 Å². The molecule has 3 rings (SSSR count). The molecule has 22 heavy (non-hydrogen) atoms. The van der Waals surface area contributed by atoms with E-state index in [1.54, 1.807) is 35.7 Å². The summed E-state index contributed by atoms with van der Waals surface area (Å²) < 4.78 is 0. The van der Waals surface area contributed by atoms with Crippen molar-refractivity contribution in [3.05, 3.63) is 72.7 Å². The number of rotatable bonds is 5. The van der Waals surface area contributed by atoms with Crippen LogP contribution in [0.2, 0.25) is 0 Å². The van der Waals surface area contributed by atoms with Crippen molar-refractivity contribution < 1.29 is 4.92 Å². The maximum atomic E-state index is 10.9. The fraction of sp³-hybridized carbons (Fsp3) is 0.133. The molecule has 0 saturated carbocycles. The predicted molar refractivity (Wildman–Crippen MR) is 89.7 cm³/mol. The third-order valence-electron chi connectivity index (χ3n) is 3.23. The van der Waals surface area contributed by atoms with Gasteiger partial charge in [0.15, 0.2) is 0 Å². The van der Waals surface area contributed by atoms with Gasteiger partial charge in [-0.15, -0.1) is 22.7 Å². The summed E-state index contributed by atoms with van der Waals surface area (Å²) in [4.78, 5) is 17.0. The van der Waals surface area contributed by atoms with Crippen LogP contribution in [0.3, 0.4) is 0 Å². The largest absolute Gasteiger partial charge is 0.358 e. The summed E-state index contributed by atoms with van der Waals surface area (Å²) in [5.41, 5.74) is 0.632. The van der Waals surface area contributed by atoms with Crippen molar-refractivity contribution in [2.45, 2.75) is 13.0 Å². The van der Waals surface area contributed by atoms with Gasteiger partial charge in [0.25, 0.3) is 5.69 Å². The molecule has 112 valence electrons. The Labute approximate surface area is 135 Å². The highest BCUT2D eigenvalue weighted by atomic mass is 32.1. The molecule has 0 fully saturated rings. The second kappa shape index (κ2) is 6.25. The first-order chi connectivity index (χ1) is 10.6. The molecule has 0 aliphatic rings. The van der Waals surface area contributed by atoms with Gasteiger partial charge < -0.3 is 5.32 Å². The van der Waals surface area contributed by atoms with E-state index >= 15 is 0 Å². The lowest BCUT2D eigenvalue weighted by Gasteiger charge is -2.17. The molecule has 0 aliphatic carbocycles. The molecule has 0 atom stereocenters. The van der Waals surface area contributed by atoms with E-state index in [0.717, 1.165) is 0 Å². The first-order valence-corrected chi connectivity index (χ1v) is 8.35. The minimum atomic E-state index is -0.415. The van der Waals surface area contributed by atoms with Gasteiger partial charge in [-0.25, -0.2) is 4.98 Å². The number of aryl methyl sites for hydroxylation is 1. The molecule has 0 spiro atoms. The second-order valence-corrected chi connectivity index (χ2v) is 6.68. The molecule has 5 nitrogen and oxygen atoms in total. The SMILES string of the molecule is Cc1cc(NC(c2cccs2)c2cccs2)ncc1[N+](=O)[O-]. The van der Waals surface area contributed by atoms with Gasteiger partial charge in [0.2, 0.25) is 0 Å². The molecular weight excluding hydrogens is 318 g/mol. The lowest BCUT2D eigenvalue weighted by Crippen LogP contribution is -2.11. The number of nitro groups is 1. The van der Waals surface area contributed by atoms with Gasteiger partial charge in [-0.05, 0) is 35.9 Å². The van der Waals surface area contributed by atoms with Gasteiger partial charge in [0.1, 0.15) is 12.0 Å².